The van der Waals surface area contributed by atoms with Gasteiger partial charge in [0.15, 0.2) is 0 Å². The van der Waals surface area contributed by atoms with Crippen LogP contribution in [-0.2, 0) is 4.74 Å². The Morgan fingerprint density at radius 2 is 1.79 bits per heavy atom. The van der Waals surface area contributed by atoms with Crippen LogP contribution in [-0.4, -0.2) is 84.4 Å². The van der Waals surface area contributed by atoms with Crippen LogP contribution in [0.4, 0.5) is 5.82 Å². The number of nitrogens with one attached hydrogen (secondary N) is 1. The second kappa shape index (κ2) is 9.53. The number of nitrogen functional groups attached to an aromatic ring is 1. The Kier molecular flexibility index (Phi) is 6.84. The quantitative estimate of drug-likeness (QED) is 0.656. The van der Waals surface area contributed by atoms with Crippen LogP contribution in [0, 0.1) is 0 Å². The maximum Gasteiger partial charge on any atom is 0.343 e. The van der Waals surface area contributed by atoms with Crippen molar-refractivity contribution in [3.05, 3.63) is 41.6 Å². The lowest BCUT2D eigenvalue weighted by atomic mass is 10.2. The Morgan fingerprint density at radius 1 is 1.14 bits per heavy atom. The van der Waals surface area contributed by atoms with Gasteiger partial charge in [0.25, 0.3) is 5.91 Å². The average Bonchev–Trinajstić information content (AvgIpc) is 3.15. The van der Waals surface area contributed by atoms with E-state index in [9.17, 15) is 9.59 Å². The van der Waals surface area contributed by atoms with Crippen LogP contribution in [0.1, 0.15) is 27.6 Å². The van der Waals surface area contributed by atoms with E-state index in [0.29, 0.717) is 17.8 Å². The minimum atomic E-state index is -0.541. The standard InChI is InChI=1S/C20H28N6O3/c1-3-24-10-12-25(13-11-24)9-8-22-19(27)15-4-6-16(7-5-15)26-18(21)17(14-23-26)20(28)29-2/h4-7,14H,3,8-13,21H2,1-2H3,(H,22,27). The van der Waals surface area contributed by atoms with Gasteiger partial charge in [-0.2, -0.15) is 5.10 Å². The number of nitrogens with zero attached hydrogens (tertiary/aromatic N) is 4. The van der Waals surface area contributed by atoms with Gasteiger partial charge in [-0.05, 0) is 30.8 Å². The lowest BCUT2D eigenvalue weighted by Gasteiger charge is -2.33. The number of benzene rings is 1. The van der Waals surface area contributed by atoms with E-state index in [-0.39, 0.29) is 17.3 Å². The Morgan fingerprint density at radius 3 is 2.41 bits per heavy atom. The van der Waals surface area contributed by atoms with Gasteiger partial charge >= 0.3 is 5.97 Å². The monoisotopic (exact) mass is 400 g/mol. The van der Waals surface area contributed by atoms with Crippen LogP contribution in [0.15, 0.2) is 30.5 Å². The minimum absolute atomic E-state index is 0.118. The molecule has 0 spiro atoms. The van der Waals surface area contributed by atoms with Gasteiger partial charge in [-0.1, -0.05) is 6.92 Å². The zero-order valence-corrected chi connectivity index (χ0v) is 16.9. The first-order valence-electron chi connectivity index (χ1n) is 9.78. The number of hydrogen-bond donors (Lipinski definition) is 2. The van der Waals surface area contributed by atoms with Gasteiger partial charge in [-0.15, -0.1) is 0 Å². The van der Waals surface area contributed by atoms with Crippen LogP contribution in [0.25, 0.3) is 5.69 Å². The second-order valence-corrected chi connectivity index (χ2v) is 6.93. The number of likely N-dealkylation sites (N-methyl/N-ethyl adjacent to an activating group) is 1. The van der Waals surface area contributed by atoms with E-state index in [1.807, 2.05) is 0 Å². The fourth-order valence-corrected chi connectivity index (χ4v) is 3.34. The molecule has 2 heterocycles. The SMILES string of the molecule is CCN1CCN(CCNC(=O)c2ccc(-n3ncc(C(=O)OC)c3N)cc2)CC1. The normalized spacial score (nSPS) is 15.2. The maximum atomic E-state index is 12.4. The number of methoxy groups -OCH3 is 1. The molecule has 1 amide bonds. The van der Waals surface area contributed by atoms with E-state index in [2.05, 4.69) is 31.9 Å². The van der Waals surface area contributed by atoms with Gasteiger partial charge in [-0.25, -0.2) is 9.48 Å². The summed E-state index contributed by atoms with van der Waals surface area (Å²) in [6.07, 6.45) is 1.36. The summed E-state index contributed by atoms with van der Waals surface area (Å²) in [5, 5.41) is 7.09. The molecule has 3 N–H and O–H groups in total. The maximum absolute atomic E-state index is 12.4. The molecule has 156 valence electrons. The molecule has 1 aromatic carbocycles. The molecule has 3 rings (SSSR count). The molecular formula is C20H28N6O3. The number of anilines is 1. The van der Waals surface area contributed by atoms with Crippen LogP contribution in [0.3, 0.4) is 0 Å². The van der Waals surface area contributed by atoms with E-state index in [1.54, 1.807) is 24.3 Å². The summed E-state index contributed by atoms with van der Waals surface area (Å²) in [7, 11) is 1.29. The molecule has 0 unspecified atom stereocenters. The van der Waals surface area contributed by atoms with Crippen molar-refractivity contribution in [1.29, 1.82) is 0 Å². The molecular weight excluding hydrogens is 372 g/mol. The molecule has 1 saturated heterocycles. The Labute approximate surface area is 170 Å². The van der Waals surface area contributed by atoms with E-state index in [0.717, 1.165) is 39.3 Å². The van der Waals surface area contributed by atoms with E-state index in [1.165, 1.54) is 18.0 Å². The summed E-state index contributed by atoms with van der Waals surface area (Å²) in [5.41, 5.74) is 7.39. The number of aromatic nitrogens is 2. The predicted molar refractivity (Wildman–Crippen MR) is 110 cm³/mol. The van der Waals surface area contributed by atoms with E-state index >= 15 is 0 Å². The summed E-state index contributed by atoms with van der Waals surface area (Å²) < 4.78 is 6.11. The fraction of sp³-hybridized carbons (Fsp3) is 0.450. The van der Waals surface area contributed by atoms with Gasteiger partial charge < -0.3 is 20.7 Å². The molecule has 1 aliphatic heterocycles. The number of carbonyl (C=O) groups is 2. The van der Waals surface area contributed by atoms with Gasteiger partial charge in [0.05, 0.1) is 19.0 Å². The molecule has 1 aliphatic rings. The fourth-order valence-electron chi connectivity index (χ4n) is 3.34. The highest BCUT2D eigenvalue weighted by Gasteiger charge is 2.17. The second-order valence-electron chi connectivity index (χ2n) is 6.93. The number of piperazine rings is 1. The summed E-state index contributed by atoms with van der Waals surface area (Å²) in [4.78, 5) is 28.8. The van der Waals surface area contributed by atoms with Crippen LogP contribution >= 0.6 is 0 Å². The number of ether oxygens (including phenoxy) is 1. The topological polar surface area (TPSA) is 106 Å². The van der Waals surface area contributed by atoms with Gasteiger partial charge in [0, 0.05) is 44.8 Å². The average molecular weight is 400 g/mol. The first kappa shape index (κ1) is 20.8. The largest absolute Gasteiger partial charge is 0.465 e. The number of amides is 1. The summed E-state index contributed by atoms with van der Waals surface area (Å²) in [5.74, 6) is -0.467. The molecule has 0 bridgehead atoms. The minimum Gasteiger partial charge on any atom is -0.465 e. The highest BCUT2D eigenvalue weighted by atomic mass is 16.5. The summed E-state index contributed by atoms with van der Waals surface area (Å²) in [6, 6.07) is 6.90. The van der Waals surface area contributed by atoms with Gasteiger partial charge in [-0.3, -0.25) is 9.69 Å². The van der Waals surface area contributed by atoms with E-state index < -0.39 is 5.97 Å². The molecule has 9 heteroatoms. The van der Waals surface area contributed by atoms with Crippen molar-refractivity contribution in [2.75, 3.05) is 58.7 Å². The van der Waals surface area contributed by atoms with Crippen molar-refractivity contribution in [3.8, 4) is 5.69 Å². The Balaban J connectivity index is 1.53. The van der Waals surface area contributed by atoms with Crippen molar-refractivity contribution in [1.82, 2.24) is 24.9 Å². The van der Waals surface area contributed by atoms with E-state index in [4.69, 9.17) is 5.73 Å². The highest BCUT2D eigenvalue weighted by Crippen LogP contribution is 2.18. The lowest BCUT2D eigenvalue weighted by molar-refractivity contribution is 0.0601. The number of esters is 1. The van der Waals surface area contributed by atoms with Crippen LogP contribution < -0.4 is 11.1 Å². The molecule has 1 aromatic heterocycles. The number of hydrogen-bond acceptors (Lipinski definition) is 7. The highest BCUT2D eigenvalue weighted by molar-refractivity contribution is 5.95. The van der Waals surface area contributed by atoms with Gasteiger partial charge in [0.2, 0.25) is 0 Å². The van der Waals surface area contributed by atoms with Crippen molar-refractivity contribution >= 4 is 17.7 Å². The smallest absolute Gasteiger partial charge is 0.343 e. The molecule has 9 nitrogen and oxygen atoms in total. The number of nitrogens with two attached hydrogens (primary N) is 1. The van der Waals surface area contributed by atoms with Crippen molar-refractivity contribution in [3.63, 3.8) is 0 Å². The molecule has 0 atom stereocenters. The predicted octanol–water partition coefficient (Wildman–Crippen LogP) is 0.608. The third kappa shape index (κ3) is 4.93. The molecule has 0 radical (unpaired) electrons. The summed E-state index contributed by atoms with van der Waals surface area (Å²) in [6.45, 7) is 8.98. The van der Waals surface area contributed by atoms with Crippen molar-refractivity contribution in [2.45, 2.75) is 6.92 Å². The molecule has 0 aliphatic carbocycles. The third-order valence-electron chi connectivity index (χ3n) is 5.21. The molecule has 0 saturated carbocycles. The van der Waals surface area contributed by atoms with Crippen molar-refractivity contribution in [2.24, 2.45) is 0 Å². The number of rotatable bonds is 7. The first-order chi connectivity index (χ1) is 14.0. The first-order valence-corrected chi connectivity index (χ1v) is 9.78. The zero-order chi connectivity index (χ0) is 20.8. The lowest BCUT2D eigenvalue weighted by Crippen LogP contribution is -2.48. The zero-order valence-electron chi connectivity index (χ0n) is 16.9. The molecule has 2 aromatic rings. The Hall–Kier alpha value is -2.91. The molecule has 1 fully saturated rings. The summed E-state index contributed by atoms with van der Waals surface area (Å²) >= 11 is 0. The third-order valence-corrected chi connectivity index (χ3v) is 5.21. The Bertz CT molecular complexity index is 840. The molecule has 29 heavy (non-hydrogen) atoms. The van der Waals surface area contributed by atoms with Crippen molar-refractivity contribution < 1.29 is 14.3 Å². The van der Waals surface area contributed by atoms with Gasteiger partial charge in [0.1, 0.15) is 11.4 Å². The van der Waals surface area contributed by atoms with Crippen LogP contribution in [0.5, 0.6) is 0 Å². The number of carbonyl (C=O) groups excluding carboxylic acids is 2. The van der Waals surface area contributed by atoms with Crippen LogP contribution in [0.2, 0.25) is 0 Å².